The highest BCUT2D eigenvalue weighted by Crippen LogP contribution is 2.48. The topological polar surface area (TPSA) is 21.7 Å². The Bertz CT molecular complexity index is 468. The predicted molar refractivity (Wildman–Crippen MR) is 79.6 cm³/mol. The molecule has 0 unspecified atom stereocenters. The fraction of sp³-hybridized carbons (Fsp3) is 0.647. The molecule has 2 fully saturated rings. The molecule has 1 aliphatic heterocycles. The van der Waals surface area contributed by atoms with Crippen molar-refractivity contribution >= 4 is 0 Å². The van der Waals surface area contributed by atoms with Crippen LogP contribution in [0.25, 0.3) is 0 Å². The lowest BCUT2D eigenvalue weighted by Gasteiger charge is -2.48. The maximum Gasteiger partial charge on any atom is 0.168 e. The van der Waals surface area contributed by atoms with Gasteiger partial charge < -0.3 is 9.47 Å². The Morgan fingerprint density at radius 2 is 1.55 bits per heavy atom. The summed E-state index contributed by atoms with van der Waals surface area (Å²) in [5.41, 5.74) is 2.95. The normalized spacial score (nSPS) is 24.4. The monoisotopic (exact) mass is 275 g/mol. The molecule has 0 N–H and O–H groups in total. The molecular formula is C17H25NO2. The molecule has 1 aromatic rings. The van der Waals surface area contributed by atoms with Crippen LogP contribution in [0.4, 0.5) is 0 Å². The van der Waals surface area contributed by atoms with Gasteiger partial charge in [0.25, 0.3) is 0 Å². The van der Waals surface area contributed by atoms with Gasteiger partial charge in [0.2, 0.25) is 0 Å². The average molecular weight is 275 g/mol. The van der Waals surface area contributed by atoms with Crippen LogP contribution in [0, 0.1) is 6.92 Å². The summed E-state index contributed by atoms with van der Waals surface area (Å²) in [5.74, 6) is -0.289. The molecule has 3 nitrogen and oxygen atoms in total. The summed E-state index contributed by atoms with van der Waals surface area (Å²) in [7, 11) is 4.39. The number of rotatable bonds is 2. The first-order valence-corrected chi connectivity index (χ1v) is 7.60. The standard InChI is InChI=1S/C17H25NO2/c1-14-6-4-5-7-15(14)16(18(2)3)8-10-17(11-9-16)19-12-13-20-17/h4-7H,8-13H2,1-3H3. The third-order valence-corrected chi connectivity index (χ3v) is 5.16. The van der Waals surface area contributed by atoms with E-state index in [1.54, 1.807) is 0 Å². The minimum atomic E-state index is -0.289. The smallest absolute Gasteiger partial charge is 0.168 e. The van der Waals surface area contributed by atoms with Crippen LogP contribution in [0.5, 0.6) is 0 Å². The molecule has 1 saturated carbocycles. The van der Waals surface area contributed by atoms with Crippen molar-refractivity contribution in [3.8, 4) is 0 Å². The fourth-order valence-electron chi connectivity index (χ4n) is 3.88. The maximum absolute atomic E-state index is 5.88. The Balaban J connectivity index is 1.90. The van der Waals surface area contributed by atoms with Gasteiger partial charge in [0.15, 0.2) is 5.79 Å². The lowest BCUT2D eigenvalue weighted by Crippen LogP contribution is -2.49. The summed E-state index contributed by atoms with van der Waals surface area (Å²) in [6.45, 7) is 3.71. The van der Waals surface area contributed by atoms with Crippen molar-refractivity contribution in [1.82, 2.24) is 4.90 Å². The summed E-state index contributed by atoms with van der Waals surface area (Å²) in [6.07, 6.45) is 4.15. The van der Waals surface area contributed by atoms with Crippen LogP contribution in [-0.2, 0) is 15.0 Å². The summed E-state index contributed by atoms with van der Waals surface area (Å²) in [4.78, 5) is 2.39. The minimum absolute atomic E-state index is 0.117. The van der Waals surface area contributed by atoms with Gasteiger partial charge in [0, 0.05) is 18.4 Å². The quantitative estimate of drug-likeness (QED) is 0.828. The molecule has 3 rings (SSSR count). The molecule has 0 amide bonds. The summed E-state index contributed by atoms with van der Waals surface area (Å²) in [6, 6.07) is 8.77. The Hall–Kier alpha value is -0.900. The average Bonchev–Trinajstić information content (AvgIpc) is 2.89. The molecule has 2 aliphatic rings. The van der Waals surface area contributed by atoms with E-state index in [-0.39, 0.29) is 11.3 Å². The van der Waals surface area contributed by atoms with Crippen LogP contribution in [0.1, 0.15) is 36.8 Å². The second-order valence-corrected chi connectivity index (χ2v) is 6.35. The van der Waals surface area contributed by atoms with Crippen LogP contribution >= 0.6 is 0 Å². The van der Waals surface area contributed by atoms with Crippen LogP contribution in [0.15, 0.2) is 24.3 Å². The van der Waals surface area contributed by atoms with Gasteiger partial charge in [-0.1, -0.05) is 24.3 Å². The van der Waals surface area contributed by atoms with E-state index in [0.717, 1.165) is 38.9 Å². The number of hydrogen-bond donors (Lipinski definition) is 0. The molecular weight excluding hydrogens is 250 g/mol. The number of ether oxygens (including phenoxy) is 2. The van der Waals surface area contributed by atoms with Gasteiger partial charge in [-0.05, 0) is 45.0 Å². The lowest BCUT2D eigenvalue weighted by atomic mass is 9.72. The first-order chi connectivity index (χ1) is 9.58. The zero-order valence-corrected chi connectivity index (χ0v) is 12.8. The molecule has 0 bridgehead atoms. The van der Waals surface area contributed by atoms with Crippen molar-refractivity contribution in [2.24, 2.45) is 0 Å². The van der Waals surface area contributed by atoms with Gasteiger partial charge in [-0.25, -0.2) is 0 Å². The second-order valence-electron chi connectivity index (χ2n) is 6.35. The van der Waals surface area contributed by atoms with E-state index < -0.39 is 0 Å². The molecule has 0 aromatic heterocycles. The second kappa shape index (κ2) is 5.14. The lowest BCUT2D eigenvalue weighted by molar-refractivity contribution is -0.193. The van der Waals surface area contributed by atoms with Crippen molar-refractivity contribution in [2.45, 2.75) is 43.9 Å². The van der Waals surface area contributed by atoms with Gasteiger partial charge >= 0.3 is 0 Å². The third kappa shape index (κ3) is 2.18. The van der Waals surface area contributed by atoms with Gasteiger partial charge in [0.05, 0.1) is 13.2 Å². The molecule has 0 radical (unpaired) electrons. The van der Waals surface area contributed by atoms with Crippen LogP contribution < -0.4 is 0 Å². The van der Waals surface area contributed by atoms with Crippen molar-refractivity contribution in [2.75, 3.05) is 27.3 Å². The van der Waals surface area contributed by atoms with E-state index in [0.29, 0.717) is 0 Å². The van der Waals surface area contributed by atoms with Crippen molar-refractivity contribution in [3.63, 3.8) is 0 Å². The Morgan fingerprint density at radius 1 is 0.950 bits per heavy atom. The fourth-order valence-corrected chi connectivity index (χ4v) is 3.88. The van der Waals surface area contributed by atoms with Crippen molar-refractivity contribution in [1.29, 1.82) is 0 Å². The summed E-state index contributed by atoms with van der Waals surface area (Å²) < 4.78 is 11.8. The first-order valence-electron chi connectivity index (χ1n) is 7.60. The van der Waals surface area contributed by atoms with E-state index in [1.165, 1.54) is 11.1 Å². The third-order valence-electron chi connectivity index (χ3n) is 5.16. The number of nitrogens with zero attached hydrogens (tertiary/aromatic N) is 1. The van der Waals surface area contributed by atoms with Gasteiger partial charge in [-0.2, -0.15) is 0 Å². The first kappa shape index (κ1) is 14.1. The minimum Gasteiger partial charge on any atom is -0.348 e. The molecule has 0 atom stereocenters. The van der Waals surface area contributed by atoms with Crippen molar-refractivity contribution < 1.29 is 9.47 Å². The molecule has 110 valence electrons. The molecule has 1 aromatic carbocycles. The van der Waals surface area contributed by atoms with E-state index in [9.17, 15) is 0 Å². The number of aryl methyl sites for hydroxylation is 1. The number of benzene rings is 1. The maximum atomic E-state index is 5.88. The van der Waals surface area contributed by atoms with Gasteiger partial charge in [-0.15, -0.1) is 0 Å². The SMILES string of the molecule is Cc1ccccc1C1(N(C)C)CCC2(CC1)OCCO2. The molecule has 3 heteroatoms. The van der Waals surface area contributed by atoms with Crippen LogP contribution in [0.3, 0.4) is 0 Å². The van der Waals surface area contributed by atoms with Crippen molar-refractivity contribution in [3.05, 3.63) is 35.4 Å². The van der Waals surface area contributed by atoms with E-state index in [4.69, 9.17) is 9.47 Å². The van der Waals surface area contributed by atoms with Crippen LogP contribution in [0.2, 0.25) is 0 Å². The molecule has 20 heavy (non-hydrogen) atoms. The highest BCUT2D eigenvalue weighted by molar-refractivity contribution is 5.33. The molecule has 1 heterocycles. The van der Waals surface area contributed by atoms with E-state index >= 15 is 0 Å². The Morgan fingerprint density at radius 3 is 2.10 bits per heavy atom. The molecule has 1 saturated heterocycles. The summed E-state index contributed by atoms with van der Waals surface area (Å²) >= 11 is 0. The Labute approximate surface area is 121 Å². The van der Waals surface area contributed by atoms with Gasteiger partial charge in [0.1, 0.15) is 0 Å². The van der Waals surface area contributed by atoms with Gasteiger partial charge in [-0.3, -0.25) is 4.90 Å². The largest absolute Gasteiger partial charge is 0.348 e. The highest BCUT2D eigenvalue weighted by atomic mass is 16.7. The number of hydrogen-bond acceptors (Lipinski definition) is 3. The Kier molecular flexibility index (Phi) is 3.61. The van der Waals surface area contributed by atoms with E-state index in [1.807, 2.05) is 0 Å². The predicted octanol–water partition coefficient (Wildman–Crippen LogP) is 3.07. The highest BCUT2D eigenvalue weighted by Gasteiger charge is 2.48. The van der Waals surface area contributed by atoms with E-state index in [2.05, 4.69) is 50.2 Å². The zero-order chi connectivity index (χ0) is 14.2. The van der Waals surface area contributed by atoms with Crippen LogP contribution in [-0.4, -0.2) is 38.0 Å². The zero-order valence-electron chi connectivity index (χ0n) is 12.8. The molecule has 1 spiro atoms. The summed E-state index contributed by atoms with van der Waals surface area (Å²) in [5, 5.41) is 0. The molecule has 1 aliphatic carbocycles.